The summed E-state index contributed by atoms with van der Waals surface area (Å²) < 4.78 is 0. The zero-order valence-electron chi connectivity index (χ0n) is 10.7. The molecule has 0 aromatic rings. The first kappa shape index (κ1) is 14.0. The summed E-state index contributed by atoms with van der Waals surface area (Å²) in [4.78, 5) is 24.8. The molecule has 17 heavy (non-hydrogen) atoms. The summed E-state index contributed by atoms with van der Waals surface area (Å²) in [5.74, 6) is -0.0621. The highest BCUT2D eigenvalue weighted by Crippen LogP contribution is 2.23. The van der Waals surface area contributed by atoms with E-state index in [-0.39, 0.29) is 30.4 Å². The third-order valence-electron chi connectivity index (χ3n) is 3.41. The average Bonchev–Trinajstić information content (AvgIpc) is 2.31. The van der Waals surface area contributed by atoms with Gasteiger partial charge in [-0.05, 0) is 19.8 Å². The molecule has 0 unspecified atom stereocenters. The molecule has 0 spiro atoms. The zero-order valence-corrected chi connectivity index (χ0v) is 10.7. The number of hydrogen-bond donors (Lipinski definition) is 2. The third kappa shape index (κ3) is 3.70. The lowest BCUT2D eigenvalue weighted by Crippen LogP contribution is -2.55. The van der Waals surface area contributed by atoms with Gasteiger partial charge in [0, 0.05) is 19.5 Å². The van der Waals surface area contributed by atoms with Crippen LogP contribution in [0, 0.1) is 0 Å². The molecule has 0 aromatic carbocycles. The minimum Gasteiger partial charge on any atom is -0.350 e. The van der Waals surface area contributed by atoms with Gasteiger partial charge in [-0.2, -0.15) is 0 Å². The van der Waals surface area contributed by atoms with E-state index in [9.17, 15) is 9.59 Å². The van der Waals surface area contributed by atoms with Crippen LogP contribution in [0.15, 0.2) is 0 Å². The minimum absolute atomic E-state index is 0.00934. The Morgan fingerprint density at radius 1 is 1.35 bits per heavy atom. The van der Waals surface area contributed by atoms with Crippen LogP contribution in [0.1, 0.15) is 39.5 Å². The maximum Gasteiger partial charge on any atom is 0.234 e. The normalized spacial score (nSPS) is 24.2. The number of likely N-dealkylation sites (N-methyl/N-ethyl adjacent to an activating group) is 1. The number of hydrogen-bond acceptors (Lipinski definition) is 3. The Hall–Kier alpha value is -1.10. The largest absolute Gasteiger partial charge is 0.350 e. The molecule has 2 atom stereocenters. The number of carbonyl (C=O) groups is 2. The molecule has 0 bridgehead atoms. The second kappa shape index (κ2) is 6.59. The molecule has 0 radical (unpaired) electrons. The molecule has 0 saturated heterocycles. The lowest BCUT2D eigenvalue weighted by molar-refractivity contribution is -0.133. The minimum atomic E-state index is -0.137. The van der Waals surface area contributed by atoms with Gasteiger partial charge < -0.3 is 16.0 Å². The standard InChI is InChI=1S/C12H23N3O2/c1-3-15(9(2)16)11-7-5-4-6-10(11)14-12(17)8-13/h10-11H,3-8,13H2,1-2H3,(H,14,17)/t10-,11-/m1/s1. The van der Waals surface area contributed by atoms with Crippen LogP contribution >= 0.6 is 0 Å². The van der Waals surface area contributed by atoms with Crippen LogP contribution in [-0.2, 0) is 9.59 Å². The predicted octanol–water partition coefficient (Wildman–Crippen LogP) is 0.241. The van der Waals surface area contributed by atoms with E-state index in [1.54, 1.807) is 6.92 Å². The van der Waals surface area contributed by atoms with Gasteiger partial charge in [-0.3, -0.25) is 9.59 Å². The first-order chi connectivity index (χ1) is 8.10. The summed E-state index contributed by atoms with van der Waals surface area (Å²) >= 11 is 0. The van der Waals surface area contributed by atoms with Crippen LogP contribution in [0.25, 0.3) is 0 Å². The summed E-state index contributed by atoms with van der Waals surface area (Å²) in [7, 11) is 0. The highest BCUT2D eigenvalue weighted by Gasteiger charge is 2.31. The number of rotatable bonds is 4. The molecule has 0 aromatic heterocycles. The highest BCUT2D eigenvalue weighted by atomic mass is 16.2. The Morgan fingerprint density at radius 3 is 2.53 bits per heavy atom. The van der Waals surface area contributed by atoms with E-state index in [0.717, 1.165) is 25.7 Å². The third-order valence-corrected chi connectivity index (χ3v) is 3.41. The Kier molecular flexibility index (Phi) is 5.41. The van der Waals surface area contributed by atoms with E-state index in [1.807, 2.05) is 11.8 Å². The molecule has 98 valence electrons. The van der Waals surface area contributed by atoms with Crippen LogP contribution in [0.3, 0.4) is 0 Å². The summed E-state index contributed by atoms with van der Waals surface area (Å²) in [5.41, 5.74) is 5.31. The Balaban J connectivity index is 2.70. The quantitative estimate of drug-likeness (QED) is 0.740. The fourth-order valence-corrected chi connectivity index (χ4v) is 2.61. The van der Waals surface area contributed by atoms with Crippen molar-refractivity contribution in [2.24, 2.45) is 5.73 Å². The summed E-state index contributed by atoms with van der Waals surface area (Å²) in [6.07, 6.45) is 4.11. The Bertz CT molecular complexity index is 281. The molecule has 1 fully saturated rings. The number of nitrogens with one attached hydrogen (secondary N) is 1. The maximum atomic E-state index is 11.6. The first-order valence-corrected chi connectivity index (χ1v) is 6.36. The van der Waals surface area contributed by atoms with Gasteiger partial charge in [0.05, 0.1) is 12.6 Å². The van der Waals surface area contributed by atoms with Crippen molar-refractivity contribution in [1.82, 2.24) is 10.2 Å². The van der Waals surface area contributed by atoms with Crippen molar-refractivity contribution in [3.63, 3.8) is 0 Å². The van der Waals surface area contributed by atoms with Gasteiger partial charge in [-0.1, -0.05) is 12.8 Å². The van der Waals surface area contributed by atoms with Gasteiger partial charge >= 0.3 is 0 Å². The molecule has 2 amide bonds. The maximum absolute atomic E-state index is 11.6. The van der Waals surface area contributed by atoms with Crippen molar-refractivity contribution in [1.29, 1.82) is 0 Å². The highest BCUT2D eigenvalue weighted by molar-refractivity contribution is 5.78. The van der Waals surface area contributed by atoms with Crippen molar-refractivity contribution in [3.05, 3.63) is 0 Å². The van der Waals surface area contributed by atoms with E-state index >= 15 is 0 Å². The second-order valence-corrected chi connectivity index (χ2v) is 4.53. The van der Waals surface area contributed by atoms with Crippen LogP contribution in [0.4, 0.5) is 0 Å². The smallest absolute Gasteiger partial charge is 0.234 e. The number of amides is 2. The van der Waals surface area contributed by atoms with Crippen molar-refractivity contribution in [2.75, 3.05) is 13.1 Å². The van der Waals surface area contributed by atoms with Gasteiger partial charge in [0.1, 0.15) is 0 Å². The number of nitrogens with zero attached hydrogens (tertiary/aromatic N) is 1. The number of carbonyl (C=O) groups excluding carboxylic acids is 2. The molecular weight excluding hydrogens is 218 g/mol. The molecule has 1 rings (SSSR count). The molecule has 1 saturated carbocycles. The van der Waals surface area contributed by atoms with E-state index < -0.39 is 0 Å². The van der Waals surface area contributed by atoms with Crippen LogP contribution in [-0.4, -0.2) is 41.9 Å². The summed E-state index contributed by atoms with van der Waals surface area (Å²) in [5, 5.41) is 2.93. The van der Waals surface area contributed by atoms with Gasteiger partial charge in [0.2, 0.25) is 11.8 Å². The lowest BCUT2D eigenvalue weighted by Gasteiger charge is -2.39. The van der Waals surface area contributed by atoms with Crippen LogP contribution in [0.5, 0.6) is 0 Å². The topological polar surface area (TPSA) is 75.4 Å². The predicted molar refractivity (Wildman–Crippen MR) is 66.3 cm³/mol. The molecule has 1 aliphatic carbocycles. The van der Waals surface area contributed by atoms with Crippen molar-refractivity contribution < 1.29 is 9.59 Å². The molecule has 3 N–H and O–H groups in total. The van der Waals surface area contributed by atoms with Crippen molar-refractivity contribution >= 4 is 11.8 Å². The fraction of sp³-hybridized carbons (Fsp3) is 0.833. The van der Waals surface area contributed by atoms with Crippen molar-refractivity contribution in [3.8, 4) is 0 Å². The molecule has 1 aliphatic rings. The van der Waals surface area contributed by atoms with E-state index in [0.29, 0.717) is 6.54 Å². The number of nitrogens with two attached hydrogens (primary N) is 1. The van der Waals surface area contributed by atoms with Gasteiger partial charge in [-0.15, -0.1) is 0 Å². The average molecular weight is 241 g/mol. The SMILES string of the molecule is CCN(C(C)=O)[C@@H]1CCCC[C@H]1NC(=O)CN. The molecule has 5 nitrogen and oxygen atoms in total. The summed E-state index contributed by atoms with van der Waals surface area (Å²) in [6, 6.07) is 0.186. The van der Waals surface area contributed by atoms with Crippen molar-refractivity contribution in [2.45, 2.75) is 51.6 Å². The van der Waals surface area contributed by atoms with Gasteiger partial charge in [-0.25, -0.2) is 0 Å². The molecule has 0 heterocycles. The monoisotopic (exact) mass is 241 g/mol. The van der Waals surface area contributed by atoms with E-state index in [2.05, 4.69) is 5.32 Å². The molecular formula is C12H23N3O2. The molecule has 5 heteroatoms. The van der Waals surface area contributed by atoms with Crippen LogP contribution in [0.2, 0.25) is 0 Å². The second-order valence-electron chi connectivity index (χ2n) is 4.53. The summed E-state index contributed by atoms with van der Waals surface area (Å²) in [6.45, 7) is 4.25. The van der Waals surface area contributed by atoms with E-state index in [1.165, 1.54) is 0 Å². The molecule has 0 aliphatic heterocycles. The van der Waals surface area contributed by atoms with Crippen LogP contribution < -0.4 is 11.1 Å². The lowest BCUT2D eigenvalue weighted by atomic mass is 9.89. The van der Waals surface area contributed by atoms with E-state index in [4.69, 9.17) is 5.73 Å². The van der Waals surface area contributed by atoms with Gasteiger partial charge in [0.25, 0.3) is 0 Å². The fourth-order valence-electron chi connectivity index (χ4n) is 2.61. The van der Waals surface area contributed by atoms with Gasteiger partial charge in [0.15, 0.2) is 0 Å². The Morgan fingerprint density at radius 2 is 2.00 bits per heavy atom. The Labute approximate surface area is 103 Å². The zero-order chi connectivity index (χ0) is 12.8. The first-order valence-electron chi connectivity index (χ1n) is 6.36.